The molecule has 1 saturated carbocycles. The van der Waals surface area contributed by atoms with E-state index in [4.69, 9.17) is 4.74 Å². The molecule has 0 atom stereocenters. The van der Waals surface area contributed by atoms with Gasteiger partial charge in [-0.3, -0.25) is 14.0 Å². The van der Waals surface area contributed by atoms with Gasteiger partial charge in [0.25, 0.3) is 5.91 Å². The van der Waals surface area contributed by atoms with Crippen LogP contribution in [0.3, 0.4) is 0 Å². The van der Waals surface area contributed by atoms with Gasteiger partial charge in [0.05, 0.1) is 19.0 Å². The largest absolute Gasteiger partial charge is 0.494 e. The van der Waals surface area contributed by atoms with Crippen LogP contribution in [-0.4, -0.2) is 45.4 Å². The van der Waals surface area contributed by atoms with Gasteiger partial charge in [0.2, 0.25) is 11.7 Å². The molecule has 196 valence electrons. The number of halogens is 2. The maximum absolute atomic E-state index is 14.7. The molecule has 0 radical (unpaired) electrons. The normalized spacial score (nSPS) is 16.6. The Labute approximate surface area is 217 Å². The molecular weight excluding hydrogens is 494 g/mol. The zero-order valence-corrected chi connectivity index (χ0v) is 21.0. The van der Waals surface area contributed by atoms with Crippen LogP contribution >= 0.6 is 0 Å². The number of rotatable bonds is 7. The van der Waals surface area contributed by atoms with Gasteiger partial charge in [-0.25, -0.2) is 14.4 Å². The standard InChI is InChI=1S/C27H26F2N6O3/c1-14-10-16(4-5-19(14)27(37)34-18-11-17(12-18)32-15(2)36)33-25-26-31-13-21(35(26)9-8-30-25)20-6-7-22(38-3)24(29)23(20)28/h4-10,13,17-18H,11-12H2,1-3H3,(H,30,33)(H,32,36)(H,34,37). The Hall–Kier alpha value is -4.54. The van der Waals surface area contributed by atoms with Crippen LogP contribution < -0.4 is 20.7 Å². The summed E-state index contributed by atoms with van der Waals surface area (Å²) in [7, 11) is 1.27. The molecule has 0 unspecified atom stereocenters. The number of carbonyl (C=O) groups is 2. The lowest BCUT2D eigenvalue weighted by molar-refractivity contribution is -0.120. The van der Waals surface area contributed by atoms with Crippen molar-refractivity contribution in [3.8, 4) is 17.0 Å². The van der Waals surface area contributed by atoms with Crippen molar-refractivity contribution in [3.63, 3.8) is 0 Å². The fourth-order valence-corrected chi connectivity index (χ4v) is 4.63. The minimum absolute atomic E-state index is 0.0250. The molecule has 9 nitrogen and oxygen atoms in total. The summed E-state index contributed by atoms with van der Waals surface area (Å²) in [6, 6.07) is 8.23. The van der Waals surface area contributed by atoms with Crippen molar-refractivity contribution in [2.24, 2.45) is 0 Å². The number of carbonyl (C=O) groups excluding carboxylic acids is 2. The van der Waals surface area contributed by atoms with E-state index < -0.39 is 11.6 Å². The lowest BCUT2D eigenvalue weighted by Crippen LogP contribution is -2.53. The van der Waals surface area contributed by atoms with Crippen molar-refractivity contribution in [2.45, 2.75) is 38.8 Å². The maximum atomic E-state index is 14.7. The van der Waals surface area contributed by atoms with Crippen LogP contribution in [-0.2, 0) is 4.79 Å². The molecule has 38 heavy (non-hydrogen) atoms. The van der Waals surface area contributed by atoms with Crippen LogP contribution in [0.1, 0.15) is 35.7 Å². The van der Waals surface area contributed by atoms with Gasteiger partial charge in [0.1, 0.15) is 0 Å². The molecule has 1 aliphatic carbocycles. The predicted octanol–water partition coefficient (Wildman–Crippen LogP) is 4.13. The van der Waals surface area contributed by atoms with Crippen molar-refractivity contribution in [2.75, 3.05) is 12.4 Å². The fraction of sp³-hybridized carbons (Fsp3) is 0.259. The van der Waals surface area contributed by atoms with E-state index in [1.165, 1.54) is 38.6 Å². The highest BCUT2D eigenvalue weighted by Gasteiger charge is 2.31. The number of nitrogens with zero attached hydrogens (tertiary/aromatic N) is 3. The van der Waals surface area contributed by atoms with Gasteiger partial charge in [-0.05, 0) is 55.7 Å². The van der Waals surface area contributed by atoms with Crippen molar-refractivity contribution in [1.82, 2.24) is 25.0 Å². The quantitative estimate of drug-likeness (QED) is 0.338. The van der Waals surface area contributed by atoms with Gasteiger partial charge in [0, 0.05) is 48.2 Å². The van der Waals surface area contributed by atoms with Gasteiger partial charge in [0.15, 0.2) is 23.0 Å². The highest BCUT2D eigenvalue weighted by Crippen LogP contribution is 2.31. The molecule has 0 bridgehead atoms. The molecule has 0 aliphatic heterocycles. The number of hydrogen-bond acceptors (Lipinski definition) is 6. The molecule has 3 N–H and O–H groups in total. The Kier molecular flexibility index (Phi) is 6.66. The third-order valence-corrected chi connectivity index (χ3v) is 6.59. The number of imidazole rings is 1. The monoisotopic (exact) mass is 520 g/mol. The van der Waals surface area contributed by atoms with Crippen LogP contribution in [0.2, 0.25) is 0 Å². The zero-order chi connectivity index (χ0) is 27.0. The molecule has 0 saturated heterocycles. The summed E-state index contributed by atoms with van der Waals surface area (Å²) >= 11 is 0. The Morgan fingerprint density at radius 1 is 1.05 bits per heavy atom. The van der Waals surface area contributed by atoms with Crippen LogP contribution in [0.5, 0.6) is 5.75 Å². The number of amides is 2. The summed E-state index contributed by atoms with van der Waals surface area (Å²) in [4.78, 5) is 32.6. The second-order valence-electron chi connectivity index (χ2n) is 9.25. The average Bonchev–Trinajstić information content (AvgIpc) is 3.29. The molecule has 2 heterocycles. The minimum atomic E-state index is -1.07. The Morgan fingerprint density at radius 2 is 1.82 bits per heavy atom. The number of nitrogens with one attached hydrogen (secondary N) is 3. The number of fused-ring (bicyclic) bond motifs is 1. The van der Waals surface area contributed by atoms with E-state index in [-0.39, 0.29) is 35.2 Å². The van der Waals surface area contributed by atoms with Crippen molar-refractivity contribution in [1.29, 1.82) is 0 Å². The summed E-state index contributed by atoms with van der Waals surface area (Å²) in [6.07, 6.45) is 6.00. The number of aromatic nitrogens is 3. The molecule has 0 spiro atoms. The van der Waals surface area contributed by atoms with Crippen molar-refractivity contribution >= 4 is 29.0 Å². The zero-order valence-electron chi connectivity index (χ0n) is 21.0. The molecule has 2 aromatic heterocycles. The van der Waals surface area contributed by atoms with E-state index in [9.17, 15) is 18.4 Å². The fourth-order valence-electron chi connectivity index (χ4n) is 4.63. The Bertz CT molecular complexity index is 1550. The van der Waals surface area contributed by atoms with Crippen molar-refractivity contribution < 1.29 is 23.1 Å². The highest BCUT2D eigenvalue weighted by molar-refractivity contribution is 5.96. The van der Waals surface area contributed by atoms with Crippen molar-refractivity contribution in [3.05, 3.63) is 71.7 Å². The van der Waals surface area contributed by atoms with Crippen LogP contribution in [0, 0.1) is 18.6 Å². The van der Waals surface area contributed by atoms with E-state index in [1.807, 2.05) is 13.0 Å². The topological polar surface area (TPSA) is 110 Å². The van der Waals surface area contributed by atoms with E-state index in [0.717, 1.165) is 5.56 Å². The smallest absolute Gasteiger partial charge is 0.251 e. The molecule has 1 aliphatic rings. The van der Waals surface area contributed by atoms with Gasteiger partial charge < -0.3 is 20.7 Å². The summed E-state index contributed by atoms with van der Waals surface area (Å²) < 4.78 is 35.5. The maximum Gasteiger partial charge on any atom is 0.251 e. The first-order chi connectivity index (χ1) is 18.2. The van der Waals surface area contributed by atoms with Crippen LogP contribution in [0.15, 0.2) is 48.9 Å². The SMILES string of the molecule is COc1ccc(-c2cnc3c(Nc4ccc(C(=O)NC5CC(NC(C)=O)C5)c(C)c4)nccn23)c(F)c1F. The predicted molar refractivity (Wildman–Crippen MR) is 137 cm³/mol. The third-order valence-electron chi connectivity index (χ3n) is 6.59. The second kappa shape index (κ2) is 10.1. The first-order valence-electron chi connectivity index (χ1n) is 12.0. The summed E-state index contributed by atoms with van der Waals surface area (Å²) in [5.41, 5.74) is 2.79. The minimum Gasteiger partial charge on any atom is -0.494 e. The van der Waals surface area contributed by atoms with Gasteiger partial charge in [-0.15, -0.1) is 0 Å². The van der Waals surface area contributed by atoms with E-state index in [1.54, 1.807) is 22.7 Å². The first kappa shape index (κ1) is 25.1. The molecular formula is C27H26F2N6O3. The molecule has 5 rings (SSSR count). The Balaban J connectivity index is 1.33. The Morgan fingerprint density at radius 3 is 2.53 bits per heavy atom. The van der Waals surface area contributed by atoms with E-state index >= 15 is 0 Å². The van der Waals surface area contributed by atoms with Crippen LogP contribution in [0.4, 0.5) is 20.3 Å². The highest BCUT2D eigenvalue weighted by atomic mass is 19.2. The molecule has 2 aromatic carbocycles. The number of hydrogen-bond donors (Lipinski definition) is 3. The summed E-state index contributed by atoms with van der Waals surface area (Å²) in [5.74, 6) is -2.13. The van der Waals surface area contributed by atoms with Gasteiger partial charge >= 0.3 is 0 Å². The van der Waals surface area contributed by atoms with E-state index in [0.29, 0.717) is 41.3 Å². The molecule has 11 heteroatoms. The number of methoxy groups -OCH3 is 1. The second-order valence-corrected chi connectivity index (χ2v) is 9.25. The lowest BCUT2D eigenvalue weighted by atomic mass is 9.86. The average molecular weight is 521 g/mol. The van der Waals surface area contributed by atoms with Gasteiger partial charge in [-0.2, -0.15) is 4.39 Å². The lowest BCUT2D eigenvalue weighted by Gasteiger charge is -2.36. The number of aryl methyl sites for hydroxylation is 1. The first-order valence-corrected chi connectivity index (χ1v) is 12.0. The molecule has 4 aromatic rings. The molecule has 2 amide bonds. The summed E-state index contributed by atoms with van der Waals surface area (Å²) in [5, 5.41) is 9.04. The van der Waals surface area contributed by atoms with Crippen LogP contribution in [0.25, 0.3) is 16.9 Å². The number of benzene rings is 2. The number of anilines is 2. The van der Waals surface area contributed by atoms with Gasteiger partial charge in [-0.1, -0.05) is 0 Å². The summed E-state index contributed by atoms with van der Waals surface area (Å²) in [6.45, 7) is 3.32. The third kappa shape index (κ3) is 4.74. The number of ether oxygens (including phenoxy) is 1. The molecule has 1 fully saturated rings. The van der Waals surface area contributed by atoms with E-state index in [2.05, 4.69) is 25.9 Å².